The lowest BCUT2D eigenvalue weighted by Crippen LogP contribution is -2.23. The third-order valence-corrected chi connectivity index (χ3v) is 1.99. The van der Waals surface area contributed by atoms with Crippen molar-refractivity contribution in [2.24, 2.45) is 0 Å². The second-order valence-corrected chi connectivity index (χ2v) is 3.76. The quantitative estimate of drug-likeness (QED) is 0.459. The highest BCUT2D eigenvalue weighted by molar-refractivity contribution is 6.28. The zero-order valence-corrected chi connectivity index (χ0v) is 10.4. The fourth-order valence-electron chi connectivity index (χ4n) is 0.929. The standard InChI is InChI=1S/C8H10Cl2N6/c1-15(2)7-12-6(10)13-8(14-7)16(5-11)4-3-9/h3-4H2,1-2H3. The van der Waals surface area contributed by atoms with E-state index < -0.39 is 0 Å². The van der Waals surface area contributed by atoms with Crippen molar-refractivity contribution in [2.45, 2.75) is 0 Å². The largest absolute Gasteiger partial charge is 0.347 e. The Hall–Kier alpha value is -1.32. The van der Waals surface area contributed by atoms with Crippen LogP contribution in [0.1, 0.15) is 0 Å². The Labute approximate surface area is 103 Å². The summed E-state index contributed by atoms with van der Waals surface area (Å²) in [5.74, 6) is 0.894. The lowest BCUT2D eigenvalue weighted by atomic mass is 10.6. The Morgan fingerprint density at radius 1 is 1.25 bits per heavy atom. The van der Waals surface area contributed by atoms with E-state index in [0.29, 0.717) is 18.4 Å². The number of nitrogens with zero attached hydrogens (tertiary/aromatic N) is 6. The Morgan fingerprint density at radius 3 is 2.38 bits per heavy atom. The summed E-state index contributed by atoms with van der Waals surface area (Å²) in [6.45, 7) is 0.325. The van der Waals surface area contributed by atoms with Gasteiger partial charge in [-0.05, 0) is 11.6 Å². The van der Waals surface area contributed by atoms with Crippen LogP contribution < -0.4 is 9.80 Å². The van der Waals surface area contributed by atoms with Crippen molar-refractivity contribution < 1.29 is 0 Å². The minimum Gasteiger partial charge on any atom is -0.347 e. The number of aromatic nitrogens is 3. The molecule has 0 N–H and O–H groups in total. The lowest BCUT2D eigenvalue weighted by Gasteiger charge is -2.15. The molecule has 0 spiro atoms. The molecule has 6 nitrogen and oxygen atoms in total. The summed E-state index contributed by atoms with van der Waals surface area (Å²) in [5, 5.41) is 8.94. The van der Waals surface area contributed by atoms with Crippen LogP contribution in [0.2, 0.25) is 5.28 Å². The van der Waals surface area contributed by atoms with Crippen LogP contribution in [0.15, 0.2) is 0 Å². The number of hydrogen-bond donors (Lipinski definition) is 0. The van der Waals surface area contributed by atoms with Gasteiger partial charge in [0.15, 0.2) is 6.19 Å². The summed E-state index contributed by atoms with van der Waals surface area (Å²) in [6, 6.07) is 0. The minimum absolute atomic E-state index is 0.0449. The first kappa shape index (κ1) is 12.7. The van der Waals surface area contributed by atoms with Crippen molar-refractivity contribution in [3.8, 4) is 6.19 Å². The van der Waals surface area contributed by atoms with Gasteiger partial charge < -0.3 is 4.90 Å². The summed E-state index contributed by atoms with van der Waals surface area (Å²) in [4.78, 5) is 14.8. The van der Waals surface area contributed by atoms with E-state index in [1.54, 1.807) is 19.0 Å². The first-order chi connectivity index (χ1) is 7.58. The molecule has 0 atom stereocenters. The molecule has 1 rings (SSSR count). The maximum absolute atomic E-state index is 8.89. The zero-order valence-electron chi connectivity index (χ0n) is 8.85. The molecule has 0 aromatic carbocycles. The van der Waals surface area contributed by atoms with Gasteiger partial charge in [0.05, 0.1) is 6.54 Å². The van der Waals surface area contributed by atoms with Crippen molar-refractivity contribution in [1.82, 2.24) is 15.0 Å². The van der Waals surface area contributed by atoms with Gasteiger partial charge in [-0.3, -0.25) is 0 Å². The molecule has 0 fully saturated rings. The fraction of sp³-hybridized carbons (Fsp3) is 0.500. The van der Waals surface area contributed by atoms with Crippen molar-refractivity contribution >= 4 is 35.1 Å². The van der Waals surface area contributed by atoms with E-state index >= 15 is 0 Å². The Balaban J connectivity index is 3.08. The van der Waals surface area contributed by atoms with Crippen LogP contribution >= 0.6 is 23.2 Å². The van der Waals surface area contributed by atoms with Crippen molar-refractivity contribution in [2.75, 3.05) is 36.3 Å². The van der Waals surface area contributed by atoms with E-state index in [0.717, 1.165) is 0 Å². The van der Waals surface area contributed by atoms with Gasteiger partial charge in [0.2, 0.25) is 17.2 Å². The summed E-state index contributed by atoms with van der Waals surface area (Å²) in [6.07, 6.45) is 1.93. The van der Waals surface area contributed by atoms with Gasteiger partial charge >= 0.3 is 0 Å². The summed E-state index contributed by atoms with van der Waals surface area (Å²) >= 11 is 11.3. The van der Waals surface area contributed by atoms with Gasteiger partial charge in [0.1, 0.15) is 0 Å². The number of anilines is 2. The van der Waals surface area contributed by atoms with Gasteiger partial charge in [-0.2, -0.15) is 20.2 Å². The SMILES string of the molecule is CN(C)c1nc(Cl)nc(N(C#N)CCCl)n1. The van der Waals surface area contributed by atoms with Crippen LogP contribution in [-0.4, -0.2) is 41.5 Å². The predicted octanol–water partition coefficient (Wildman–Crippen LogP) is 1.12. The third-order valence-electron chi connectivity index (χ3n) is 1.65. The van der Waals surface area contributed by atoms with E-state index in [-0.39, 0.29) is 11.2 Å². The van der Waals surface area contributed by atoms with E-state index in [9.17, 15) is 0 Å². The molecule has 8 heteroatoms. The average Bonchev–Trinajstić information content (AvgIpc) is 2.24. The van der Waals surface area contributed by atoms with Crippen LogP contribution in [0, 0.1) is 11.5 Å². The third kappa shape index (κ3) is 3.08. The molecule has 0 aliphatic carbocycles. The molecule has 0 radical (unpaired) electrons. The molecular weight excluding hydrogens is 251 g/mol. The molecule has 0 saturated heterocycles. The predicted molar refractivity (Wildman–Crippen MR) is 62.8 cm³/mol. The second-order valence-electron chi connectivity index (χ2n) is 3.04. The molecular formula is C8H10Cl2N6. The first-order valence-corrected chi connectivity index (χ1v) is 5.32. The normalized spacial score (nSPS) is 9.69. The Kier molecular flexibility index (Phi) is 4.52. The molecule has 0 bridgehead atoms. The lowest BCUT2D eigenvalue weighted by molar-refractivity contribution is 0.898. The second kappa shape index (κ2) is 5.68. The van der Waals surface area contributed by atoms with Gasteiger partial charge in [-0.25, -0.2) is 4.90 Å². The molecule has 0 aliphatic rings. The van der Waals surface area contributed by atoms with Crippen LogP contribution in [-0.2, 0) is 0 Å². The van der Waals surface area contributed by atoms with Crippen molar-refractivity contribution in [3.05, 3.63) is 5.28 Å². The van der Waals surface area contributed by atoms with E-state index in [1.165, 1.54) is 4.90 Å². The van der Waals surface area contributed by atoms with Gasteiger partial charge in [-0.15, -0.1) is 11.6 Å². The molecule has 1 aromatic rings. The summed E-state index contributed by atoms with van der Waals surface area (Å²) < 4.78 is 0. The Morgan fingerprint density at radius 2 is 1.88 bits per heavy atom. The fourth-order valence-corrected chi connectivity index (χ4v) is 1.25. The summed E-state index contributed by atoms with van der Waals surface area (Å²) in [5.41, 5.74) is 0. The monoisotopic (exact) mass is 260 g/mol. The summed E-state index contributed by atoms with van der Waals surface area (Å²) in [7, 11) is 3.54. The Bertz CT molecular complexity index is 402. The highest BCUT2D eigenvalue weighted by Crippen LogP contribution is 2.14. The van der Waals surface area contributed by atoms with Crippen LogP contribution in [0.5, 0.6) is 0 Å². The molecule has 0 aliphatic heterocycles. The molecule has 86 valence electrons. The molecule has 0 unspecified atom stereocenters. The molecule has 0 amide bonds. The average molecular weight is 261 g/mol. The first-order valence-electron chi connectivity index (χ1n) is 4.40. The maximum atomic E-state index is 8.89. The number of halogens is 2. The molecule has 1 aromatic heterocycles. The van der Waals surface area contributed by atoms with Crippen LogP contribution in [0.4, 0.5) is 11.9 Å². The van der Waals surface area contributed by atoms with Crippen molar-refractivity contribution in [3.63, 3.8) is 0 Å². The highest BCUT2D eigenvalue weighted by atomic mass is 35.5. The number of hydrogen-bond acceptors (Lipinski definition) is 6. The van der Waals surface area contributed by atoms with Gasteiger partial charge in [-0.1, -0.05) is 0 Å². The van der Waals surface area contributed by atoms with Crippen molar-refractivity contribution in [1.29, 1.82) is 5.26 Å². The highest BCUT2D eigenvalue weighted by Gasteiger charge is 2.12. The topological polar surface area (TPSA) is 68.9 Å². The van der Waals surface area contributed by atoms with Crippen LogP contribution in [0.25, 0.3) is 0 Å². The van der Waals surface area contributed by atoms with Gasteiger partial charge in [0, 0.05) is 20.0 Å². The van der Waals surface area contributed by atoms with E-state index in [2.05, 4.69) is 15.0 Å². The number of nitriles is 1. The molecule has 1 heterocycles. The van der Waals surface area contributed by atoms with Gasteiger partial charge in [0.25, 0.3) is 0 Å². The minimum atomic E-state index is 0.0449. The number of alkyl halides is 1. The molecule has 16 heavy (non-hydrogen) atoms. The molecule has 0 saturated carbocycles. The van der Waals surface area contributed by atoms with E-state index in [4.69, 9.17) is 28.5 Å². The smallest absolute Gasteiger partial charge is 0.244 e. The number of rotatable bonds is 4. The van der Waals surface area contributed by atoms with Crippen LogP contribution in [0.3, 0.4) is 0 Å². The maximum Gasteiger partial charge on any atom is 0.244 e. The zero-order chi connectivity index (χ0) is 12.1. The van der Waals surface area contributed by atoms with E-state index in [1.807, 2.05) is 6.19 Å².